The van der Waals surface area contributed by atoms with Crippen LogP contribution >= 0.6 is 0 Å². The third-order valence-corrected chi connectivity index (χ3v) is 4.77. The Bertz CT molecular complexity index is 1350. The van der Waals surface area contributed by atoms with Crippen molar-refractivity contribution in [3.8, 4) is 11.3 Å². The summed E-state index contributed by atoms with van der Waals surface area (Å²) < 4.78 is 0. The predicted octanol–water partition coefficient (Wildman–Crippen LogP) is 5.24. The van der Waals surface area contributed by atoms with Gasteiger partial charge in [0.1, 0.15) is 0 Å². The van der Waals surface area contributed by atoms with Crippen molar-refractivity contribution in [2.45, 2.75) is 0 Å². The molecule has 0 aliphatic carbocycles. The van der Waals surface area contributed by atoms with E-state index in [2.05, 4.69) is 15.5 Å². The molecule has 1 N–H and O–H groups in total. The smallest absolute Gasteiger partial charge is 0.267 e. The van der Waals surface area contributed by atoms with Gasteiger partial charge in [-0.2, -0.15) is 5.10 Å². The number of nitro groups is 1. The second-order valence-electron chi connectivity index (χ2n) is 6.83. The molecule has 0 bridgehead atoms. The van der Waals surface area contributed by atoms with E-state index >= 15 is 0 Å². The van der Waals surface area contributed by atoms with Crippen LogP contribution in [0.3, 0.4) is 0 Å². The fourth-order valence-corrected chi connectivity index (χ4v) is 3.26. The summed E-state index contributed by atoms with van der Waals surface area (Å²) in [4.78, 5) is 28.1. The van der Waals surface area contributed by atoms with Gasteiger partial charge in [0.15, 0.2) is 0 Å². The average Bonchev–Trinajstić information content (AvgIpc) is 2.83. The van der Waals surface area contributed by atoms with Crippen LogP contribution in [0.15, 0.2) is 96.1 Å². The summed E-state index contributed by atoms with van der Waals surface area (Å²) in [5.41, 5.74) is 5.71. The molecule has 1 amide bonds. The van der Waals surface area contributed by atoms with Gasteiger partial charge in [-0.15, -0.1) is 0 Å². The van der Waals surface area contributed by atoms with E-state index in [0.717, 1.165) is 10.9 Å². The van der Waals surface area contributed by atoms with E-state index in [0.29, 0.717) is 22.3 Å². The van der Waals surface area contributed by atoms with Crippen molar-refractivity contribution in [3.63, 3.8) is 0 Å². The molecule has 0 fully saturated rings. The van der Waals surface area contributed by atoms with Gasteiger partial charge in [0.2, 0.25) is 0 Å². The molecule has 7 heteroatoms. The number of fused-ring (bicyclic) bond motifs is 1. The first-order valence-electron chi connectivity index (χ1n) is 9.82. The Morgan fingerprint density at radius 1 is 0.969 bits per heavy atom. The molecule has 0 atom stereocenters. The molecule has 7 nitrogen and oxygen atoms in total. The van der Waals surface area contributed by atoms with Crippen molar-refractivity contribution in [1.82, 2.24) is 10.4 Å². The third-order valence-electron chi connectivity index (χ3n) is 4.77. The van der Waals surface area contributed by atoms with Crippen LogP contribution in [-0.4, -0.2) is 22.0 Å². The van der Waals surface area contributed by atoms with Crippen molar-refractivity contribution >= 4 is 34.8 Å². The largest absolute Gasteiger partial charge is 0.276 e. The van der Waals surface area contributed by atoms with Crippen LogP contribution in [0.2, 0.25) is 0 Å². The number of amides is 1. The van der Waals surface area contributed by atoms with Gasteiger partial charge < -0.3 is 0 Å². The summed E-state index contributed by atoms with van der Waals surface area (Å²) in [6.45, 7) is 0. The molecule has 32 heavy (non-hydrogen) atoms. The number of carbonyl (C=O) groups excluding carboxylic acids is 1. The Morgan fingerprint density at radius 2 is 1.69 bits per heavy atom. The lowest BCUT2D eigenvalue weighted by Gasteiger charge is -2.08. The number of carbonyl (C=O) groups is 1. The number of hydrogen-bond donors (Lipinski definition) is 1. The quantitative estimate of drug-likeness (QED) is 0.261. The monoisotopic (exact) mass is 422 g/mol. The van der Waals surface area contributed by atoms with E-state index in [-0.39, 0.29) is 11.6 Å². The topological polar surface area (TPSA) is 97.5 Å². The second-order valence-corrected chi connectivity index (χ2v) is 6.83. The summed E-state index contributed by atoms with van der Waals surface area (Å²) in [7, 11) is 0. The number of nitrogens with zero attached hydrogens (tertiary/aromatic N) is 3. The van der Waals surface area contributed by atoms with Gasteiger partial charge >= 0.3 is 0 Å². The van der Waals surface area contributed by atoms with Gasteiger partial charge in [-0.1, -0.05) is 60.7 Å². The summed E-state index contributed by atoms with van der Waals surface area (Å²) in [6.07, 6.45) is 4.46. The van der Waals surface area contributed by atoms with Crippen LogP contribution in [-0.2, 0) is 0 Å². The maximum Gasteiger partial charge on any atom is 0.276 e. The number of para-hydroxylation sites is 2. The lowest BCUT2D eigenvalue weighted by Crippen LogP contribution is -2.18. The molecule has 1 heterocycles. The Hall–Kier alpha value is -4.65. The fraction of sp³-hybridized carbons (Fsp3) is 0. The fourth-order valence-electron chi connectivity index (χ4n) is 3.26. The Morgan fingerprint density at radius 3 is 2.50 bits per heavy atom. The van der Waals surface area contributed by atoms with E-state index in [9.17, 15) is 14.9 Å². The van der Waals surface area contributed by atoms with Crippen molar-refractivity contribution < 1.29 is 9.72 Å². The maximum atomic E-state index is 12.9. The van der Waals surface area contributed by atoms with Gasteiger partial charge in [-0.25, -0.2) is 10.4 Å². The molecule has 0 aliphatic heterocycles. The molecule has 4 aromatic rings. The number of hydrogen-bond acceptors (Lipinski definition) is 5. The number of benzene rings is 3. The lowest BCUT2D eigenvalue weighted by atomic mass is 10.0. The lowest BCUT2D eigenvalue weighted by molar-refractivity contribution is -0.385. The average molecular weight is 422 g/mol. The molecular weight excluding hydrogens is 404 g/mol. The third kappa shape index (κ3) is 4.57. The van der Waals surface area contributed by atoms with Crippen LogP contribution in [0.4, 0.5) is 5.69 Å². The van der Waals surface area contributed by atoms with Crippen LogP contribution in [0, 0.1) is 10.1 Å². The first-order valence-corrected chi connectivity index (χ1v) is 9.82. The van der Waals surface area contributed by atoms with Gasteiger partial charge in [-0.3, -0.25) is 14.9 Å². The van der Waals surface area contributed by atoms with E-state index < -0.39 is 4.92 Å². The molecule has 3 aromatic carbocycles. The molecule has 0 saturated carbocycles. The first kappa shape index (κ1) is 20.6. The minimum atomic E-state index is -0.447. The van der Waals surface area contributed by atoms with Crippen molar-refractivity contribution in [1.29, 1.82) is 0 Å². The van der Waals surface area contributed by atoms with E-state index in [4.69, 9.17) is 0 Å². The summed E-state index contributed by atoms with van der Waals surface area (Å²) in [6, 6.07) is 25.2. The van der Waals surface area contributed by atoms with Crippen LogP contribution in [0.1, 0.15) is 15.9 Å². The molecule has 0 radical (unpaired) electrons. The minimum absolute atomic E-state index is 0.00196. The standard InChI is InChI=1S/C25H18N4O3/c30-25(28-26-16-8-12-19-11-4-7-15-24(19)29(31)32)21-17-23(18-9-2-1-3-10-18)27-22-14-6-5-13-20(21)22/h1-17H,(H,28,30)/b12-8-,26-16-. The van der Waals surface area contributed by atoms with Crippen LogP contribution in [0.25, 0.3) is 28.2 Å². The van der Waals surface area contributed by atoms with Gasteiger partial charge in [0.25, 0.3) is 11.6 Å². The zero-order valence-corrected chi connectivity index (χ0v) is 16.9. The van der Waals surface area contributed by atoms with E-state index in [1.54, 1.807) is 30.3 Å². The number of nitrogens with one attached hydrogen (secondary N) is 1. The SMILES string of the molecule is O=C(N/N=C\C=C/c1ccccc1[N+](=O)[O-])c1cc(-c2ccccc2)nc2ccccc12. The van der Waals surface area contributed by atoms with Crippen molar-refractivity contribution in [3.05, 3.63) is 112 Å². The Kier molecular flexibility index (Phi) is 6.08. The number of aromatic nitrogens is 1. The minimum Gasteiger partial charge on any atom is -0.267 e. The van der Waals surface area contributed by atoms with Gasteiger partial charge in [0, 0.05) is 23.2 Å². The molecular formula is C25H18N4O3. The van der Waals surface area contributed by atoms with Crippen LogP contribution < -0.4 is 5.43 Å². The molecule has 0 spiro atoms. The molecule has 4 rings (SSSR count). The predicted molar refractivity (Wildman–Crippen MR) is 125 cm³/mol. The maximum absolute atomic E-state index is 12.9. The first-order chi connectivity index (χ1) is 15.6. The van der Waals surface area contributed by atoms with E-state index in [1.807, 2.05) is 54.6 Å². The van der Waals surface area contributed by atoms with Gasteiger partial charge in [0.05, 0.1) is 27.3 Å². The Balaban J connectivity index is 1.56. The number of nitro benzene ring substituents is 1. The molecule has 0 aliphatic rings. The van der Waals surface area contributed by atoms with Crippen molar-refractivity contribution in [2.24, 2.45) is 5.10 Å². The highest BCUT2D eigenvalue weighted by Gasteiger charge is 2.13. The highest BCUT2D eigenvalue weighted by molar-refractivity contribution is 6.07. The summed E-state index contributed by atoms with van der Waals surface area (Å²) >= 11 is 0. The normalized spacial score (nSPS) is 11.2. The molecule has 0 saturated heterocycles. The zero-order valence-electron chi connectivity index (χ0n) is 16.9. The second kappa shape index (κ2) is 9.44. The number of rotatable bonds is 6. The summed E-state index contributed by atoms with van der Waals surface area (Å²) in [5.74, 6) is -0.379. The number of pyridine rings is 1. The van der Waals surface area contributed by atoms with Crippen molar-refractivity contribution in [2.75, 3.05) is 0 Å². The summed E-state index contributed by atoms with van der Waals surface area (Å²) in [5, 5.41) is 15.7. The molecule has 156 valence electrons. The van der Waals surface area contributed by atoms with Crippen LogP contribution in [0.5, 0.6) is 0 Å². The highest BCUT2D eigenvalue weighted by Crippen LogP contribution is 2.24. The molecule has 1 aromatic heterocycles. The van der Waals surface area contributed by atoms with E-state index in [1.165, 1.54) is 18.4 Å². The highest BCUT2D eigenvalue weighted by atomic mass is 16.6. The number of allylic oxidation sites excluding steroid dienone is 1. The Labute approximate surface area is 183 Å². The zero-order chi connectivity index (χ0) is 22.3. The van der Waals surface area contributed by atoms with Gasteiger partial charge in [-0.05, 0) is 30.4 Å². The molecule has 0 unspecified atom stereocenters. The number of hydrazone groups is 1.